The Bertz CT molecular complexity index is 1110. The van der Waals surface area contributed by atoms with E-state index >= 15 is 0 Å². The molecular weight excluding hydrogens is 469 g/mol. The molecule has 4 fully saturated rings. The van der Waals surface area contributed by atoms with E-state index in [0.717, 1.165) is 62.6 Å². The van der Waals surface area contributed by atoms with E-state index in [2.05, 4.69) is 15.5 Å². The molecule has 2 aromatic carbocycles. The van der Waals surface area contributed by atoms with E-state index in [0.29, 0.717) is 33.7 Å². The predicted octanol–water partition coefficient (Wildman–Crippen LogP) is 5.23. The SMILES string of the molecule is O=C(NC1CC1)c1ccc(N2[C@@H]3CC[C@H]2CC(NC(=O)C2(c4ccc(Cl)cc4)CC2)C3)c(Cl)c1. The van der Waals surface area contributed by atoms with Crippen molar-refractivity contribution in [1.29, 1.82) is 0 Å². The number of anilines is 1. The summed E-state index contributed by atoms with van der Waals surface area (Å²) in [6.07, 6.45) is 7.93. The number of hydrogen-bond donors (Lipinski definition) is 2. The van der Waals surface area contributed by atoms with Crippen LogP contribution >= 0.6 is 23.2 Å². The number of hydrogen-bond acceptors (Lipinski definition) is 3. The summed E-state index contributed by atoms with van der Waals surface area (Å²) < 4.78 is 0. The lowest BCUT2D eigenvalue weighted by Crippen LogP contribution is -2.52. The average molecular weight is 498 g/mol. The van der Waals surface area contributed by atoms with Crippen LogP contribution in [0, 0.1) is 0 Å². The molecule has 2 amide bonds. The maximum atomic E-state index is 13.3. The third-order valence-electron chi connectivity index (χ3n) is 8.05. The normalized spacial score (nSPS) is 26.8. The standard InChI is InChI=1S/C27H29Cl2N3O2/c28-18-4-2-17(3-5-18)27(11-12-27)26(34)31-20-14-21-8-9-22(15-20)32(21)24-10-1-16(13-23(24)29)25(33)30-19-6-7-19/h1-5,10,13,19-22H,6-9,11-12,14-15H2,(H,30,33)(H,31,34)/t20?,21-,22+. The van der Waals surface area contributed by atoms with Gasteiger partial charge in [0.1, 0.15) is 0 Å². The van der Waals surface area contributed by atoms with Crippen molar-refractivity contribution in [2.45, 2.75) is 80.9 Å². The van der Waals surface area contributed by atoms with E-state index in [9.17, 15) is 9.59 Å². The number of carbonyl (C=O) groups excluding carboxylic acids is 2. The molecular formula is C27H29Cl2N3O2. The van der Waals surface area contributed by atoms with Crippen molar-refractivity contribution < 1.29 is 9.59 Å². The molecule has 2 saturated heterocycles. The molecule has 2 bridgehead atoms. The minimum atomic E-state index is -0.388. The van der Waals surface area contributed by atoms with Gasteiger partial charge >= 0.3 is 0 Å². The first-order valence-corrected chi connectivity index (χ1v) is 13.1. The van der Waals surface area contributed by atoms with Gasteiger partial charge in [0.2, 0.25) is 5.91 Å². The highest BCUT2D eigenvalue weighted by atomic mass is 35.5. The molecule has 4 aliphatic rings. The molecule has 2 heterocycles. The van der Waals surface area contributed by atoms with Gasteiger partial charge in [0.05, 0.1) is 16.1 Å². The smallest absolute Gasteiger partial charge is 0.251 e. The van der Waals surface area contributed by atoms with Crippen molar-refractivity contribution in [2.75, 3.05) is 4.90 Å². The first-order valence-electron chi connectivity index (χ1n) is 12.4. The Morgan fingerprint density at radius 3 is 2.12 bits per heavy atom. The Hall–Kier alpha value is -2.24. The second-order valence-electron chi connectivity index (χ2n) is 10.4. The van der Waals surface area contributed by atoms with Crippen molar-refractivity contribution in [3.8, 4) is 0 Å². The first-order chi connectivity index (χ1) is 16.4. The van der Waals surface area contributed by atoms with Crippen LogP contribution in [0.1, 0.15) is 67.3 Å². The van der Waals surface area contributed by atoms with Gasteiger partial charge in [0, 0.05) is 34.8 Å². The van der Waals surface area contributed by atoms with Crippen LogP contribution in [-0.4, -0.2) is 36.0 Å². The fourth-order valence-corrected chi connectivity index (χ4v) is 6.31. The topological polar surface area (TPSA) is 61.4 Å². The zero-order valence-electron chi connectivity index (χ0n) is 19.0. The molecule has 0 spiro atoms. The van der Waals surface area contributed by atoms with E-state index in [4.69, 9.17) is 23.2 Å². The van der Waals surface area contributed by atoms with Gasteiger partial charge in [0.25, 0.3) is 5.91 Å². The van der Waals surface area contributed by atoms with Crippen LogP contribution in [0.25, 0.3) is 0 Å². The van der Waals surface area contributed by atoms with Gasteiger partial charge in [-0.05, 0) is 87.3 Å². The molecule has 6 rings (SSSR count). The number of benzene rings is 2. The van der Waals surface area contributed by atoms with Gasteiger partial charge in [-0.15, -0.1) is 0 Å². The summed E-state index contributed by atoms with van der Waals surface area (Å²) in [7, 11) is 0. The molecule has 34 heavy (non-hydrogen) atoms. The summed E-state index contributed by atoms with van der Waals surface area (Å²) in [6, 6.07) is 14.6. The van der Waals surface area contributed by atoms with Crippen molar-refractivity contribution in [3.63, 3.8) is 0 Å². The number of nitrogens with zero attached hydrogens (tertiary/aromatic N) is 1. The van der Waals surface area contributed by atoms with Crippen LogP contribution in [0.2, 0.25) is 10.0 Å². The lowest BCUT2D eigenvalue weighted by atomic mass is 9.92. The minimum absolute atomic E-state index is 0.0463. The van der Waals surface area contributed by atoms with Crippen molar-refractivity contribution >= 4 is 40.7 Å². The summed E-state index contributed by atoms with van der Waals surface area (Å²) in [6.45, 7) is 0. The Labute approximate surface area is 210 Å². The van der Waals surface area contributed by atoms with Crippen LogP contribution in [0.3, 0.4) is 0 Å². The summed E-state index contributed by atoms with van der Waals surface area (Å²) in [5.41, 5.74) is 2.29. The molecule has 2 N–H and O–H groups in total. The molecule has 2 aromatic rings. The Balaban J connectivity index is 1.13. The van der Waals surface area contributed by atoms with E-state index in [1.165, 1.54) is 0 Å². The van der Waals surface area contributed by atoms with Crippen molar-refractivity contribution in [3.05, 3.63) is 63.6 Å². The quantitative estimate of drug-likeness (QED) is 0.573. The average Bonchev–Trinajstić information content (AvgIpc) is 3.73. The molecule has 2 saturated carbocycles. The van der Waals surface area contributed by atoms with Gasteiger partial charge < -0.3 is 15.5 Å². The molecule has 0 radical (unpaired) electrons. The van der Waals surface area contributed by atoms with E-state index < -0.39 is 0 Å². The van der Waals surface area contributed by atoms with Crippen LogP contribution < -0.4 is 15.5 Å². The fourth-order valence-electron chi connectivity index (χ4n) is 5.91. The second-order valence-corrected chi connectivity index (χ2v) is 11.3. The molecule has 2 aliphatic carbocycles. The van der Waals surface area contributed by atoms with E-state index in [1.807, 2.05) is 36.4 Å². The molecule has 0 aromatic heterocycles. The Kier molecular flexibility index (Phi) is 5.53. The van der Waals surface area contributed by atoms with Crippen LogP contribution in [-0.2, 0) is 10.2 Å². The molecule has 1 unspecified atom stereocenters. The number of rotatable bonds is 6. The third kappa shape index (κ3) is 4.07. The zero-order valence-corrected chi connectivity index (χ0v) is 20.5. The minimum Gasteiger partial charge on any atom is -0.364 e. The van der Waals surface area contributed by atoms with Crippen LogP contribution in [0.15, 0.2) is 42.5 Å². The second kappa shape index (κ2) is 8.46. The van der Waals surface area contributed by atoms with Gasteiger partial charge in [-0.3, -0.25) is 9.59 Å². The maximum absolute atomic E-state index is 13.3. The summed E-state index contributed by atoms with van der Waals surface area (Å²) in [5, 5.41) is 7.73. The lowest BCUT2D eigenvalue weighted by Gasteiger charge is -2.41. The summed E-state index contributed by atoms with van der Waals surface area (Å²) >= 11 is 12.7. The number of nitrogens with one attached hydrogen (secondary N) is 2. The van der Waals surface area contributed by atoms with E-state index in [-0.39, 0.29) is 23.3 Å². The number of carbonyl (C=O) groups is 2. The van der Waals surface area contributed by atoms with Gasteiger partial charge in [0.15, 0.2) is 0 Å². The highest BCUT2D eigenvalue weighted by Gasteiger charge is 2.52. The third-order valence-corrected chi connectivity index (χ3v) is 8.61. The van der Waals surface area contributed by atoms with Gasteiger partial charge in [-0.25, -0.2) is 0 Å². The van der Waals surface area contributed by atoms with E-state index in [1.54, 1.807) is 6.07 Å². The molecule has 7 heteroatoms. The Morgan fingerprint density at radius 1 is 0.853 bits per heavy atom. The maximum Gasteiger partial charge on any atom is 0.251 e. The molecule has 3 atom stereocenters. The van der Waals surface area contributed by atoms with Crippen LogP contribution in [0.4, 0.5) is 5.69 Å². The number of amides is 2. The van der Waals surface area contributed by atoms with Crippen molar-refractivity contribution in [2.24, 2.45) is 0 Å². The number of fused-ring (bicyclic) bond motifs is 2. The lowest BCUT2D eigenvalue weighted by molar-refractivity contribution is -0.124. The van der Waals surface area contributed by atoms with Gasteiger partial charge in [-0.1, -0.05) is 35.3 Å². The van der Waals surface area contributed by atoms with Crippen molar-refractivity contribution in [1.82, 2.24) is 10.6 Å². The van der Waals surface area contributed by atoms with Gasteiger partial charge in [-0.2, -0.15) is 0 Å². The molecule has 2 aliphatic heterocycles. The largest absolute Gasteiger partial charge is 0.364 e. The highest BCUT2D eigenvalue weighted by Crippen LogP contribution is 2.49. The zero-order chi connectivity index (χ0) is 23.4. The Morgan fingerprint density at radius 2 is 1.53 bits per heavy atom. The first kappa shape index (κ1) is 22.2. The monoisotopic (exact) mass is 497 g/mol. The number of piperidine rings is 1. The van der Waals surface area contributed by atoms with Crippen LogP contribution in [0.5, 0.6) is 0 Å². The highest BCUT2D eigenvalue weighted by molar-refractivity contribution is 6.33. The summed E-state index contributed by atoms with van der Waals surface area (Å²) in [4.78, 5) is 28.1. The predicted molar refractivity (Wildman–Crippen MR) is 135 cm³/mol. The fraction of sp³-hybridized carbons (Fsp3) is 0.481. The molecule has 178 valence electrons. The summed E-state index contributed by atoms with van der Waals surface area (Å²) in [5.74, 6) is 0.103. The molecule has 5 nitrogen and oxygen atoms in total. The number of halogens is 2.